The SMILES string of the molecule is COC(=O)c1ccc(CCC(=O)N2CCCC(N)C2)cc1. The minimum Gasteiger partial charge on any atom is -0.465 e. The van der Waals surface area contributed by atoms with Gasteiger partial charge in [-0.05, 0) is 37.0 Å². The number of benzene rings is 1. The molecule has 0 radical (unpaired) electrons. The van der Waals surface area contributed by atoms with Gasteiger partial charge in [-0.1, -0.05) is 12.1 Å². The van der Waals surface area contributed by atoms with Crippen molar-refractivity contribution < 1.29 is 14.3 Å². The fraction of sp³-hybridized carbons (Fsp3) is 0.500. The van der Waals surface area contributed by atoms with Gasteiger partial charge in [0.15, 0.2) is 0 Å². The molecule has 2 rings (SSSR count). The number of nitrogens with zero attached hydrogens (tertiary/aromatic N) is 1. The number of piperidine rings is 1. The van der Waals surface area contributed by atoms with E-state index in [1.807, 2.05) is 17.0 Å². The molecule has 0 bridgehead atoms. The van der Waals surface area contributed by atoms with Crippen molar-refractivity contribution in [1.29, 1.82) is 0 Å². The third-order valence-corrected chi connectivity index (χ3v) is 3.81. The molecule has 0 spiro atoms. The van der Waals surface area contributed by atoms with Crippen molar-refractivity contribution >= 4 is 11.9 Å². The van der Waals surface area contributed by atoms with Crippen molar-refractivity contribution in [2.75, 3.05) is 20.2 Å². The summed E-state index contributed by atoms with van der Waals surface area (Å²) in [5.74, 6) is -0.192. The first kappa shape index (κ1) is 15.5. The van der Waals surface area contributed by atoms with Crippen LogP contribution < -0.4 is 5.73 Å². The van der Waals surface area contributed by atoms with Gasteiger partial charge in [0, 0.05) is 25.6 Å². The van der Waals surface area contributed by atoms with E-state index in [1.54, 1.807) is 12.1 Å². The van der Waals surface area contributed by atoms with Crippen LogP contribution in [-0.2, 0) is 16.0 Å². The van der Waals surface area contributed by atoms with Crippen LogP contribution in [0.2, 0.25) is 0 Å². The van der Waals surface area contributed by atoms with Crippen LogP contribution in [0.3, 0.4) is 0 Å². The van der Waals surface area contributed by atoms with E-state index in [4.69, 9.17) is 5.73 Å². The molecule has 1 unspecified atom stereocenters. The van der Waals surface area contributed by atoms with Crippen LogP contribution in [0.4, 0.5) is 0 Å². The third kappa shape index (κ3) is 4.29. The summed E-state index contributed by atoms with van der Waals surface area (Å²) in [6, 6.07) is 7.29. The van der Waals surface area contributed by atoms with Gasteiger partial charge >= 0.3 is 5.97 Å². The molecule has 0 aliphatic carbocycles. The van der Waals surface area contributed by atoms with Crippen LogP contribution in [0, 0.1) is 0 Å². The van der Waals surface area contributed by atoms with Gasteiger partial charge in [0.1, 0.15) is 0 Å². The number of aryl methyl sites for hydroxylation is 1. The number of ether oxygens (including phenoxy) is 1. The highest BCUT2D eigenvalue weighted by Crippen LogP contribution is 2.12. The molecule has 114 valence electrons. The Kier molecular flexibility index (Phi) is 5.33. The van der Waals surface area contributed by atoms with Gasteiger partial charge in [0.05, 0.1) is 12.7 Å². The van der Waals surface area contributed by atoms with Crippen LogP contribution in [-0.4, -0.2) is 43.0 Å². The number of methoxy groups -OCH3 is 1. The predicted molar refractivity (Wildman–Crippen MR) is 79.9 cm³/mol. The molecule has 5 heteroatoms. The predicted octanol–water partition coefficient (Wildman–Crippen LogP) is 1.36. The molecule has 0 aromatic heterocycles. The van der Waals surface area contributed by atoms with Crippen molar-refractivity contribution in [1.82, 2.24) is 4.90 Å². The quantitative estimate of drug-likeness (QED) is 0.850. The number of rotatable bonds is 4. The molecule has 1 aromatic carbocycles. The maximum Gasteiger partial charge on any atom is 0.337 e. The highest BCUT2D eigenvalue weighted by Gasteiger charge is 2.20. The Labute approximate surface area is 125 Å². The summed E-state index contributed by atoms with van der Waals surface area (Å²) >= 11 is 0. The van der Waals surface area contributed by atoms with Gasteiger partial charge in [0.25, 0.3) is 0 Å². The van der Waals surface area contributed by atoms with E-state index >= 15 is 0 Å². The molecule has 5 nitrogen and oxygen atoms in total. The lowest BCUT2D eigenvalue weighted by molar-refractivity contribution is -0.132. The Morgan fingerprint density at radius 2 is 2.05 bits per heavy atom. The monoisotopic (exact) mass is 290 g/mol. The summed E-state index contributed by atoms with van der Waals surface area (Å²) in [7, 11) is 1.36. The third-order valence-electron chi connectivity index (χ3n) is 3.81. The lowest BCUT2D eigenvalue weighted by Crippen LogP contribution is -2.45. The second-order valence-electron chi connectivity index (χ2n) is 5.43. The second-order valence-corrected chi connectivity index (χ2v) is 5.43. The molecular formula is C16H22N2O3. The minimum absolute atomic E-state index is 0.113. The van der Waals surface area contributed by atoms with Gasteiger partial charge in [-0.15, -0.1) is 0 Å². The maximum atomic E-state index is 12.1. The second kappa shape index (κ2) is 7.22. The standard InChI is InChI=1S/C16H22N2O3/c1-21-16(20)13-7-4-12(5-8-13)6-9-15(19)18-10-2-3-14(17)11-18/h4-5,7-8,14H,2-3,6,9-11,17H2,1H3. The average Bonchev–Trinajstić information content (AvgIpc) is 2.52. The minimum atomic E-state index is -0.347. The van der Waals surface area contributed by atoms with Crippen molar-refractivity contribution in [3.8, 4) is 0 Å². The topological polar surface area (TPSA) is 72.6 Å². The maximum absolute atomic E-state index is 12.1. The first-order valence-corrected chi connectivity index (χ1v) is 7.30. The molecule has 1 saturated heterocycles. The van der Waals surface area contributed by atoms with Gasteiger partial charge in [-0.3, -0.25) is 4.79 Å². The lowest BCUT2D eigenvalue weighted by atomic mass is 10.0. The first-order valence-electron chi connectivity index (χ1n) is 7.30. The van der Waals surface area contributed by atoms with Gasteiger partial charge < -0.3 is 15.4 Å². The van der Waals surface area contributed by atoms with Crippen LogP contribution in [0.15, 0.2) is 24.3 Å². The largest absolute Gasteiger partial charge is 0.465 e. The van der Waals surface area contributed by atoms with E-state index in [1.165, 1.54) is 7.11 Å². The van der Waals surface area contributed by atoms with E-state index in [0.717, 1.165) is 24.9 Å². The van der Waals surface area contributed by atoms with Gasteiger partial charge in [0.2, 0.25) is 5.91 Å². The number of carbonyl (C=O) groups excluding carboxylic acids is 2. The molecule has 1 heterocycles. The molecule has 1 amide bonds. The Morgan fingerprint density at radius 3 is 2.67 bits per heavy atom. The summed E-state index contributed by atoms with van der Waals surface area (Å²) in [6.07, 6.45) is 3.13. The molecule has 21 heavy (non-hydrogen) atoms. The van der Waals surface area contributed by atoms with E-state index in [0.29, 0.717) is 24.9 Å². The van der Waals surface area contributed by atoms with Crippen molar-refractivity contribution in [3.63, 3.8) is 0 Å². The Bertz CT molecular complexity index is 499. The van der Waals surface area contributed by atoms with Crippen molar-refractivity contribution in [3.05, 3.63) is 35.4 Å². The van der Waals surface area contributed by atoms with E-state index in [2.05, 4.69) is 4.74 Å². The summed E-state index contributed by atoms with van der Waals surface area (Å²) in [6.45, 7) is 1.48. The van der Waals surface area contributed by atoms with E-state index in [-0.39, 0.29) is 17.9 Å². The Hall–Kier alpha value is -1.88. The Balaban J connectivity index is 1.85. The van der Waals surface area contributed by atoms with Crippen LogP contribution in [0.1, 0.15) is 35.2 Å². The number of esters is 1. The van der Waals surface area contributed by atoms with Crippen LogP contribution >= 0.6 is 0 Å². The summed E-state index contributed by atoms with van der Waals surface area (Å²) in [5.41, 5.74) is 7.45. The first-order chi connectivity index (χ1) is 10.1. The number of nitrogens with two attached hydrogens (primary N) is 1. The number of hydrogen-bond acceptors (Lipinski definition) is 4. The number of hydrogen-bond donors (Lipinski definition) is 1. The summed E-state index contributed by atoms with van der Waals surface area (Å²) < 4.78 is 4.65. The lowest BCUT2D eigenvalue weighted by Gasteiger charge is -2.30. The molecular weight excluding hydrogens is 268 g/mol. The molecule has 1 fully saturated rings. The normalized spacial score (nSPS) is 18.4. The highest BCUT2D eigenvalue weighted by molar-refractivity contribution is 5.89. The summed E-state index contributed by atoms with van der Waals surface area (Å²) in [4.78, 5) is 25.3. The summed E-state index contributed by atoms with van der Waals surface area (Å²) in [5, 5.41) is 0. The molecule has 0 saturated carbocycles. The number of likely N-dealkylation sites (tertiary alicyclic amines) is 1. The van der Waals surface area contributed by atoms with Crippen molar-refractivity contribution in [2.24, 2.45) is 5.73 Å². The highest BCUT2D eigenvalue weighted by atomic mass is 16.5. The molecule has 1 atom stereocenters. The smallest absolute Gasteiger partial charge is 0.337 e. The molecule has 2 N–H and O–H groups in total. The van der Waals surface area contributed by atoms with E-state index < -0.39 is 0 Å². The fourth-order valence-electron chi connectivity index (χ4n) is 2.57. The van der Waals surface area contributed by atoms with Gasteiger partial charge in [-0.2, -0.15) is 0 Å². The van der Waals surface area contributed by atoms with Crippen LogP contribution in [0.5, 0.6) is 0 Å². The average molecular weight is 290 g/mol. The zero-order chi connectivity index (χ0) is 15.2. The fourth-order valence-corrected chi connectivity index (χ4v) is 2.57. The van der Waals surface area contributed by atoms with E-state index in [9.17, 15) is 9.59 Å². The Morgan fingerprint density at radius 1 is 1.33 bits per heavy atom. The molecule has 1 aliphatic heterocycles. The van der Waals surface area contributed by atoms with Gasteiger partial charge in [-0.25, -0.2) is 4.79 Å². The number of carbonyl (C=O) groups is 2. The zero-order valence-electron chi connectivity index (χ0n) is 12.4. The van der Waals surface area contributed by atoms with Crippen LogP contribution in [0.25, 0.3) is 0 Å². The number of amides is 1. The zero-order valence-corrected chi connectivity index (χ0v) is 12.4. The molecule has 1 aromatic rings. The molecule has 1 aliphatic rings. The van der Waals surface area contributed by atoms with Crippen molar-refractivity contribution in [2.45, 2.75) is 31.7 Å².